The van der Waals surface area contributed by atoms with Crippen molar-refractivity contribution in [2.24, 2.45) is 5.92 Å². The van der Waals surface area contributed by atoms with Gasteiger partial charge >= 0.3 is 12.5 Å². The predicted octanol–water partition coefficient (Wildman–Crippen LogP) is 2.82. The molecule has 2 fully saturated rings. The van der Waals surface area contributed by atoms with Crippen LogP contribution in [0.2, 0.25) is 0 Å². The molecule has 3 aromatic rings. The van der Waals surface area contributed by atoms with E-state index in [1.165, 1.54) is 16.5 Å². The molecule has 1 aromatic carbocycles. The highest BCUT2D eigenvalue weighted by Gasteiger charge is 2.55. The van der Waals surface area contributed by atoms with Gasteiger partial charge in [-0.05, 0) is 36.6 Å². The lowest BCUT2D eigenvalue weighted by Crippen LogP contribution is -2.44. The van der Waals surface area contributed by atoms with Crippen molar-refractivity contribution in [3.63, 3.8) is 0 Å². The highest BCUT2D eigenvalue weighted by molar-refractivity contribution is 6.05. The number of amides is 2. The van der Waals surface area contributed by atoms with Crippen molar-refractivity contribution in [3.8, 4) is 5.75 Å². The summed E-state index contributed by atoms with van der Waals surface area (Å²) in [7, 11) is 0. The Kier molecular flexibility index (Phi) is 7.56. The van der Waals surface area contributed by atoms with Crippen molar-refractivity contribution in [2.75, 3.05) is 13.2 Å². The Morgan fingerprint density at radius 3 is 2.65 bits per heavy atom. The number of benzene rings is 1. The van der Waals surface area contributed by atoms with Crippen molar-refractivity contribution < 1.29 is 41.8 Å². The molecule has 15 heteroatoms. The summed E-state index contributed by atoms with van der Waals surface area (Å²) in [5.74, 6) is 0.458. The molecule has 3 heterocycles. The van der Waals surface area contributed by atoms with E-state index in [2.05, 4.69) is 25.1 Å². The minimum Gasteiger partial charge on any atom is -0.486 e. The zero-order valence-corrected chi connectivity index (χ0v) is 21.3. The maximum absolute atomic E-state index is 13.3. The summed E-state index contributed by atoms with van der Waals surface area (Å²) in [4.78, 5) is 47.5. The third-order valence-corrected chi connectivity index (χ3v) is 6.55. The van der Waals surface area contributed by atoms with Gasteiger partial charge in [0.15, 0.2) is 17.8 Å². The summed E-state index contributed by atoms with van der Waals surface area (Å²) in [5, 5.41) is 7.06. The molecule has 0 bridgehead atoms. The number of Topliss-reactive ketones (excluding diaryl/α,β-unsaturated/α-hetero) is 1. The average molecular weight is 563 g/mol. The lowest BCUT2D eigenvalue weighted by atomic mass is 10.1. The van der Waals surface area contributed by atoms with Gasteiger partial charge in [0.25, 0.3) is 0 Å². The lowest BCUT2D eigenvalue weighted by Gasteiger charge is -2.27. The van der Waals surface area contributed by atoms with Crippen LogP contribution in [0.4, 0.5) is 18.0 Å². The zero-order valence-electron chi connectivity index (χ0n) is 21.3. The Balaban J connectivity index is 1.25. The number of nitrogens with one attached hydrogen (secondary N) is 1. The number of fused-ring (bicyclic) bond motifs is 2. The van der Waals surface area contributed by atoms with Crippen LogP contribution in [0, 0.1) is 5.92 Å². The van der Waals surface area contributed by atoms with Crippen LogP contribution in [0.15, 0.2) is 36.7 Å². The van der Waals surface area contributed by atoms with Gasteiger partial charge < -0.3 is 19.7 Å². The van der Waals surface area contributed by atoms with Crippen LogP contribution in [-0.4, -0.2) is 74.2 Å². The monoisotopic (exact) mass is 562 g/mol. The summed E-state index contributed by atoms with van der Waals surface area (Å²) < 4.78 is 52.4. The highest BCUT2D eigenvalue weighted by atomic mass is 19.4. The number of ether oxygens (including phenoxy) is 3. The van der Waals surface area contributed by atoms with E-state index >= 15 is 0 Å². The first-order valence-corrected chi connectivity index (χ1v) is 12.5. The number of piperidine rings is 1. The Morgan fingerprint density at radius 2 is 1.93 bits per heavy atom. The second-order valence-corrected chi connectivity index (χ2v) is 9.38. The Labute approximate surface area is 225 Å². The van der Waals surface area contributed by atoms with Gasteiger partial charge in [-0.3, -0.25) is 19.0 Å². The van der Waals surface area contributed by atoms with Gasteiger partial charge in [-0.2, -0.15) is 5.10 Å². The molecule has 1 aliphatic heterocycles. The van der Waals surface area contributed by atoms with E-state index < -0.39 is 31.8 Å². The Hall–Kier alpha value is -4.27. The smallest absolute Gasteiger partial charge is 0.486 e. The first kappa shape index (κ1) is 27.3. The van der Waals surface area contributed by atoms with E-state index in [0.29, 0.717) is 28.9 Å². The summed E-state index contributed by atoms with van der Waals surface area (Å²) in [6.45, 7) is 0.0940. The number of carbonyl (C=O) groups excluding carboxylic acids is 3. The molecule has 3 atom stereocenters. The van der Waals surface area contributed by atoms with Crippen LogP contribution in [0.3, 0.4) is 0 Å². The molecule has 1 saturated heterocycles. The van der Waals surface area contributed by atoms with Crippen molar-refractivity contribution in [1.82, 2.24) is 30.0 Å². The number of hydrogen-bond donors (Lipinski definition) is 1. The number of rotatable bonds is 10. The number of hydrogen-bond acceptors (Lipinski definition) is 9. The van der Waals surface area contributed by atoms with Gasteiger partial charge in [-0.1, -0.05) is 0 Å². The molecule has 1 N–H and O–H groups in total. The van der Waals surface area contributed by atoms with Crippen molar-refractivity contribution in [2.45, 2.75) is 51.5 Å². The van der Waals surface area contributed by atoms with Crippen LogP contribution in [0.1, 0.15) is 36.1 Å². The first-order chi connectivity index (χ1) is 19.1. The van der Waals surface area contributed by atoms with Gasteiger partial charge in [-0.15, -0.1) is 13.2 Å². The number of aromatic nitrogens is 4. The predicted molar refractivity (Wildman–Crippen MR) is 130 cm³/mol. The molecule has 2 aliphatic rings. The summed E-state index contributed by atoms with van der Waals surface area (Å²) in [6.07, 6.45) is -2.23. The SMILES string of the molecule is CC(=O)c1nn(CC(=O)N2[C@@H](OC(=O)NCCOC(F)(F)F)C[C@H]3C[C@H]32)c2ccc(OCc3ncccn3)cc12. The van der Waals surface area contributed by atoms with E-state index in [9.17, 15) is 27.6 Å². The first-order valence-electron chi connectivity index (χ1n) is 12.5. The molecule has 212 valence electrons. The molecule has 0 unspecified atom stereocenters. The lowest BCUT2D eigenvalue weighted by molar-refractivity contribution is -0.323. The number of likely N-dealkylation sites (tertiary alicyclic amines) is 1. The molecule has 5 rings (SSSR count). The molecule has 40 heavy (non-hydrogen) atoms. The normalized spacial score (nSPS) is 19.8. The summed E-state index contributed by atoms with van der Waals surface area (Å²) in [5.41, 5.74) is 0.705. The molecule has 2 aromatic heterocycles. The topological polar surface area (TPSA) is 138 Å². The van der Waals surface area contributed by atoms with E-state index in [4.69, 9.17) is 9.47 Å². The van der Waals surface area contributed by atoms with E-state index in [1.807, 2.05) is 0 Å². The highest BCUT2D eigenvalue weighted by Crippen LogP contribution is 2.48. The largest absolute Gasteiger partial charge is 0.522 e. The van der Waals surface area contributed by atoms with Gasteiger partial charge in [0.1, 0.15) is 24.6 Å². The molecule has 0 spiro atoms. The second kappa shape index (κ2) is 11.1. The van der Waals surface area contributed by atoms with Crippen molar-refractivity contribution in [1.29, 1.82) is 0 Å². The van der Waals surface area contributed by atoms with Crippen LogP contribution >= 0.6 is 0 Å². The number of ketones is 1. The average Bonchev–Trinajstić information content (AvgIpc) is 3.42. The second-order valence-electron chi connectivity index (χ2n) is 9.38. The third-order valence-electron chi connectivity index (χ3n) is 6.55. The van der Waals surface area contributed by atoms with E-state index in [0.717, 1.165) is 6.42 Å². The minimum atomic E-state index is -4.80. The third kappa shape index (κ3) is 6.30. The van der Waals surface area contributed by atoms with E-state index in [-0.39, 0.29) is 42.5 Å². The fourth-order valence-corrected chi connectivity index (χ4v) is 4.74. The summed E-state index contributed by atoms with van der Waals surface area (Å²) >= 11 is 0. The standard InChI is InChI=1S/C25H25F3N6O6/c1-14(35)23-17-11-16(38-13-20-29-5-2-6-30-20)3-4-18(17)33(32-23)12-21(36)34-19-9-15(19)10-22(34)40-24(37)31-7-8-39-25(26,27)28/h2-6,11,15,19,22H,7-10,12-13H2,1H3,(H,31,37)/t15-,19-,22+/m1/s1. The van der Waals surface area contributed by atoms with Crippen LogP contribution in [0.25, 0.3) is 10.9 Å². The maximum atomic E-state index is 13.3. The molecule has 2 amide bonds. The molecule has 0 radical (unpaired) electrons. The van der Waals surface area contributed by atoms with Crippen LogP contribution in [-0.2, 0) is 27.4 Å². The van der Waals surface area contributed by atoms with Crippen molar-refractivity contribution in [3.05, 3.63) is 48.2 Å². The van der Waals surface area contributed by atoms with Gasteiger partial charge in [-0.25, -0.2) is 14.8 Å². The number of alkyl halides is 3. The maximum Gasteiger partial charge on any atom is 0.522 e. The molecule has 12 nitrogen and oxygen atoms in total. The van der Waals surface area contributed by atoms with Crippen LogP contribution in [0.5, 0.6) is 5.75 Å². The Morgan fingerprint density at radius 1 is 1.15 bits per heavy atom. The minimum absolute atomic E-state index is 0.104. The van der Waals surface area contributed by atoms with Crippen LogP contribution < -0.4 is 10.1 Å². The number of nitrogens with zero attached hydrogens (tertiary/aromatic N) is 5. The fourth-order valence-electron chi connectivity index (χ4n) is 4.74. The van der Waals surface area contributed by atoms with Gasteiger partial charge in [0.05, 0.1) is 12.1 Å². The number of carbonyl (C=O) groups is 3. The molecule has 1 saturated carbocycles. The zero-order chi connectivity index (χ0) is 28.4. The molecular weight excluding hydrogens is 537 g/mol. The number of halogens is 3. The molecular formula is C25H25F3N6O6. The van der Waals surface area contributed by atoms with Gasteiger partial charge in [0, 0.05) is 43.7 Å². The summed E-state index contributed by atoms with van der Waals surface area (Å²) in [6, 6.07) is 6.63. The Bertz CT molecular complexity index is 1420. The quantitative estimate of drug-likeness (QED) is 0.292. The number of alkyl carbamates (subject to hydrolysis) is 1. The van der Waals surface area contributed by atoms with Gasteiger partial charge in [0.2, 0.25) is 5.91 Å². The van der Waals surface area contributed by atoms with E-state index in [1.54, 1.807) is 36.7 Å². The fraction of sp³-hybridized carbons (Fsp3) is 0.440. The van der Waals surface area contributed by atoms with Crippen molar-refractivity contribution >= 4 is 28.7 Å². The molecule has 1 aliphatic carbocycles.